The molecule has 1 saturated heterocycles. The molecule has 0 radical (unpaired) electrons. The molecular formula is C18H16F3NO3. The summed E-state index contributed by atoms with van der Waals surface area (Å²) in [6.07, 6.45) is -2.33. The Morgan fingerprint density at radius 1 is 1.04 bits per heavy atom. The van der Waals surface area contributed by atoms with Gasteiger partial charge < -0.3 is 14.2 Å². The van der Waals surface area contributed by atoms with Crippen LogP contribution < -0.4 is 4.74 Å². The molecule has 2 heterocycles. The molecule has 7 heteroatoms. The monoisotopic (exact) mass is 351 g/mol. The summed E-state index contributed by atoms with van der Waals surface area (Å²) in [7, 11) is 0. The molecule has 1 saturated carbocycles. The van der Waals surface area contributed by atoms with Gasteiger partial charge in [0.2, 0.25) is 0 Å². The number of hydrogen-bond acceptors (Lipinski definition) is 4. The molecule has 2 aromatic rings. The molecular weight excluding hydrogens is 335 g/mol. The molecule has 1 aliphatic carbocycles. The van der Waals surface area contributed by atoms with Crippen LogP contribution in [0.15, 0.2) is 48.7 Å². The number of pyridine rings is 1. The Balaban J connectivity index is 1.59. The summed E-state index contributed by atoms with van der Waals surface area (Å²) >= 11 is 0. The fraction of sp³-hybridized carbons (Fsp3) is 0.389. The Kier molecular flexibility index (Phi) is 3.92. The van der Waals surface area contributed by atoms with Crippen molar-refractivity contribution in [2.45, 2.75) is 30.4 Å². The molecule has 1 aromatic carbocycles. The van der Waals surface area contributed by atoms with Gasteiger partial charge in [0.1, 0.15) is 5.75 Å². The van der Waals surface area contributed by atoms with Crippen LogP contribution in [0.25, 0.3) is 0 Å². The van der Waals surface area contributed by atoms with E-state index in [0.717, 1.165) is 11.3 Å². The minimum Gasteiger partial charge on any atom is -0.406 e. The van der Waals surface area contributed by atoms with Crippen molar-refractivity contribution in [3.05, 3.63) is 59.9 Å². The number of ether oxygens (including phenoxy) is 3. The highest BCUT2D eigenvalue weighted by molar-refractivity contribution is 5.37. The first-order chi connectivity index (χ1) is 12.0. The number of halogens is 3. The minimum absolute atomic E-state index is 0.0629. The number of rotatable bonds is 3. The summed E-state index contributed by atoms with van der Waals surface area (Å²) in [5, 5.41) is 0. The van der Waals surface area contributed by atoms with Crippen molar-refractivity contribution in [2.75, 3.05) is 13.2 Å². The van der Waals surface area contributed by atoms with Crippen molar-refractivity contribution in [3.8, 4) is 5.75 Å². The number of alkyl halides is 3. The molecule has 0 amide bonds. The largest absolute Gasteiger partial charge is 0.573 e. The fourth-order valence-electron chi connectivity index (χ4n) is 3.68. The lowest BCUT2D eigenvalue weighted by atomic mass is 9.63. The zero-order chi connectivity index (χ0) is 17.5. The van der Waals surface area contributed by atoms with Gasteiger partial charge in [-0.1, -0.05) is 18.2 Å². The van der Waals surface area contributed by atoms with Crippen LogP contribution in [0.1, 0.15) is 29.5 Å². The van der Waals surface area contributed by atoms with E-state index in [-0.39, 0.29) is 17.6 Å². The van der Waals surface area contributed by atoms with Crippen LogP contribution in [-0.2, 0) is 9.47 Å². The Hall–Kier alpha value is -2.12. The second-order valence-electron chi connectivity index (χ2n) is 6.17. The third-order valence-electron chi connectivity index (χ3n) is 4.70. The zero-order valence-corrected chi connectivity index (χ0v) is 13.2. The van der Waals surface area contributed by atoms with E-state index in [4.69, 9.17) is 9.47 Å². The summed E-state index contributed by atoms with van der Waals surface area (Å²) in [5.41, 5.74) is 1.77. The first kappa shape index (κ1) is 16.4. The Labute approximate surface area is 142 Å². The van der Waals surface area contributed by atoms with Gasteiger partial charge in [0.25, 0.3) is 0 Å². The van der Waals surface area contributed by atoms with Crippen LogP contribution in [0.5, 0.6) is 5.75 Å². The maximum atomic E-state index is 12.3. The van der Waals surface area contributed by atoms with E-state index in [9.17, 15) is 13.2 Å². The Morgan fingerprint density at radius 2 is 1.76 bits per heavy atom. The molecule has 25 heavy (non-hydrogen) atoms. The molecule has 0 N–H and O–H groups in total. The molecule has 0 bridgehead atoms. The standard InChI is InChI=1S/C18H16F3NO3/c19-18(20,21)25-13-6-4-12(5-7-13)14-11-17(23-9-10-24-17)16(14)15-3-1-2-8-22-15/h1-8,14,16H,9-11H2. The second-order valence-corrected chi connectivity index (χ2v) is 6.17. The smallest absolute Gasteiger partial charge is 0.406 e. The van der Waals surface area contributed by atoms with Gasteiger partial charge in [0, 0.05) is 24.2 Å². The lowest BCUT2D eigenvalue weighted by molar-refractivity contribution is -0.274. The van der Waals surface area contributed by atoms with Gasteiger partial charge in [0.05, 0.1) is 19.1 Å². The number of aromatic nitrogens is 1. The van der Waals surface area contributed by atoms with Crippen molar-refractivity contribution >= 4 is 0 Å². The first-order valence-corrected chi connectivity index (χ1v) is 8.01. The van der Waals surface area contributed by atoms with Crippen molar-refractivity contribution in [1.82, 2.24) is 4.98 Å². The summed E-state index contributed by atoms with van der Waals surface area (Å²) in [4.78, 5) is 4.43. The average Bonchev–Trinajstić information content (AvgIpc) is 3.05. The van der Waals surface area contributed by atoms with Crippen LogP contribution in [0.2, 0.25) is 0 Å². The van der Waals surface area contributed by atoms with Gasteiger partial charge in [-0.05, 0) is 29.8 Å². The molecule has 2 atom stereocenters. The van der Waals surface area contributed by atoms with Gasteiger partial charge in [-0.15, -0.1) is 13.2 Å². The number of nitrogens with zero attached hydrogens (tertiary/aromatic N) is 1. The third-order valence-corrected chi connectivity index (χ3v) is 4.70. The Bertz CT molecular complexity index is 727. The van der Waals surface area contributed by atoms with Crippen molar-refractivity contribution in [1.29, 1.82) is 0 Å². The third kappa shape index (κ3) is 3.09. The van der Waals surface area contributed by atoms with Gasteiger partial charge in [-0.3, -0.25) is 4.98 Å². The normalized spacial score (nSPS) is 24.9. The van der Waals surface area contributed by atoms with Gasteiger partial charge in [-0.2, -0.15) is 0 Å². The molecule has 2 aliphatic rings. The summed E-state index contributed by atoms with van der Waals surface area (Å²) in [5.74, 6) is -0.938. The van der Waals surface area contributed by atoms with Gasteiger partial charge >= 0.3 is 6.36 Å². The van der Waals surface area contributed by atoms with Crippen molar-refractivity contribution in [2.24, 2.45) is 0 Å². The highest BCUT2D eigenvalue weighted by Crippen LogP contribution is 2.59. The summed E-state index contributed by atoms with van der Waals surface area (Å²) in [6.45, 7) is 1.07. The van der Waals surface area contributed by atoms with Crippen molar-refractivity contribution in [3.63, 3.8) is 0 Å². The quantitative estimate of drug-likeness (QED) is 0.838. The molecule has 4 rings (SSSR count). The predicted octanol–water partition coefficient (Wildman–Crippen LogP) is 3.99. The van der Waals surface area contributed by atoms with Crippen LogP contribution in [0.3, 0.4) is 0 Å². The summed E-state index contributed by atoms with van der Waals surface area (Å²) < 4.78 is 52.5. The lowest BCUT2D eigenvalue weighted by Crippen LogP contribution is -2.52. The number of hydrogen-bond donors (Lipinski definition) is 0. The van der Waals surface area contributed by atoms with E-state index >= 15 is 0 Å². The maximum Gasteiger partial charge on any atom is 0.573 e. The first-order valence-electron chi connectivity index (χ1n) is 8.01. The van der Waals surface area contributed by atoms with E-state index in [0.29, 0.717) is 19.6 Å². The van der Waals surface area contributed by atoms with Crippen LogP contribution in [0, 0.1) is 0 Å². The van der Waals surface area contributed by atoms with Gasteiger partial charge in [0.15, 0.2) is 5.79 Å². The second kappa shape index (κ2) is 6.00. The molecule has 132 valence electrons. The minimum atomic E-state index is -4.69. The average molecular weight is 351 g/mol. The predicted molar refractivity (Wildman–Crippen MR) is 82.1 cm³/mol. The zero-order valence-electron chi connectivity index (χ0n) is 13.2. The van der Waals surface area contributed by atoms with E-state index < -0.39 is 12.1 Å². The molecule has 1 aliphatic heterocycles. The maximum absolute atomic E-state index is 12.3. The number of benzene rings is 1. The Morgan fingerprint density at radius 3 is 2.36 bits per heavy atom. The molecule has 2 fully saturated rings. The molecule has 1 spiro atoms. The SMILES string of the molecule is FC(F)(F)Oc1ccc(C2CC3(OCCO3)C2c2ccccn2)cc1. The molecule has 2 unspecified atom stereocenters. The molecule has 4 nitrogen and oxygen atoms in total. The van der Waals surface area contributed by atoms with E-state index in [1.807, 2.05) is 18.2 Å². The lowest BCUT2D eigenvalue weighted by Gasteiger charge is -2.51. The van der Waals surface area contributed by atoms with Gasteiger partial charge in [-0.25, -0.2) is 0 Å². The van der Waals surface area contributed by atoms with Crippen LogP contribution >= 0.6 is 0 Å². The van der Waals surface area contributed by atoms with E-state index in [2.05, 4.69) is 9.72 Å². The van der Waals surface area contributed by atoms with E-state index in [1.165, 1.54) is 12.1 Å². The van der Waals surface area contributed by atoms with E-state index in [1.54, 1.807) is 18.3 Å². The topological polar surface area (TPSA) is 40.6 Å². The van der Waals surface area contributed by atoms with Crippen molar-refractivity contribution < 1.29 is 27.4 Å². The van der Waals surface area contributed by atoms with Crippen LogP contribution in [-0.4, -0.2) is 30.3 Å². The van der Waals surface area contributed by atoms with Crippen LogP contribution in [0.4, 0.5) is 13.2 Å². The summed E-state index contributed by atoms with van der Waals surface area (Å²) in [6, 6.07) is 11.6. The highest BCUT2D eigenvalue weighted by Gasteiger charge is 2.59. The highest BCUT2D eigenvalue weighted by atomic mass is 19.4. The fourth-order valence-corrected chi connectivity index (χ4v) is 3.68. The molecule has 1 aromatic heterocycles.